The van der Waals surface area contributed by atoms with E-state index in [1.165, 1.54) is 0 Å². The molecule has 0 saturated carbocycles. The number of benzene rings is 2. The zero-order valence-corrected chi connectivity index (χ0v) is 11.9. The second-order valence-corrected chi connectivity index (χ2v) is 5.02. The number of halogens is 1. The Labute approximate surface area is 116 Å². The maximum Gasteiger partial charge on any atom is 0.132 e. The molecule has 0 spiro atoms. The highest BCUT2D eigenvalue weighted by atomic mass is 79.9. The van der Waals surface area contributed by atoms with Crippen molar-refractivity contribution in [2.75, 3.05) is 0 Å². The summed E-state index contributed by atoms with van der Waals surface area (Å²) in [5, 5.41) is 0. The van der Waals surface area contributed by atoms with E-state index < -0.39 is 0 Å². The van der Waals surface area contributed by atoms with Crippen LogP contribution in [0.5, 0.6) is 11.5 Å². The molecule has 2 N–H and O–H groups in total. The summed E-state index contributed by atoms with van der Waals surface area (Å²) in [5.74, 6) is 1.64. The Kier molecular flexibility index (Phi) is 4.39. The lowest BCUT2D eigenvalue weighted by atomic mass is 10.0. The van der Waals surface area contributed by atoms with Crippen LogP contribution < -0.4 is 10.5 Å². The molecular formula is C15H16BrNO. The van der Waals surface area contributed by atoms with Crippen molar-refractivity contribution < 1.29 is 4.74 Å². The van der Waals surface area contributed by atoms with Gasteiger partial charge in [0.25, 0.3) is 0 Å². The summed E-state index contributed by atoms with van der Waals surface area (Å²) in [4.78, 5) is 0. The number of hydrogen-bond acceptors (Lipinski definition) is 2. The molecule has 94 valence electrons. The van der Waals surface area contributed by atoms with Gasteiger partial charge in [-0.3, -0.25) is 0 Å². The second-order valence-electron chi connectivity index (χ2n) is 4.11. The first-order chi connectivity index (χ1) is 8.70. The van der Waals surface area contributed by atoms with E-state index in [2.05, 4.69) is 22.9 Å². The molecule has 0 aromatic heterocycles. The fourth-order valence-electron chi connectivity index (χ4n) is 1.73. The van der Waals surface area contributed by atoms with E-state index in [0.29, 0.717) is 0 Å². The van der Waals surface area contributed by atoms with Gasteiger partial charge >= 0.3 is 0 Å². The maximum atomic E-state index is 6.09. The van der Waals surface area contributed by atoms with Gasteiger partial charge in [-0.15, -0.1) is 0 Å². The highest BCUT2D eigenvalue weighted by Crippen LogP contribution is 2.30. The Morgan fingerprint density at radius 2 is 1.78 bits per heavy atom. The molecule has 0 aliphatic rings. The molecule has 0 radical (unpaired) electrons. The summed E-state index contributed by atoms with van der Waals surface area (Å²) >= 11 is 3.40. The Morgan fingerprint density at radius 3 is 2.44 bits per heavy atom. The SMILES string of the molecule is CC[C@H](N)c1ccccc1Oc1ccc(Br)cc1. The fourth-order valence-corrected chi connectivity index (χ4v) is 1.99. The molecule has 18 heavy (non-hydrogen) atoms. The van der Waals surface area contributed by atoms with E-state index in [9.17, 15) is 0 Å². The largest absolute Gasteiger partial charge is 0.457 e. The number of nitrogens with two attached hydrogens (primary N) is 1. The number of ether oxygens (including phenoxy) is 1. The summed E-state index contributed by atoms with van der Waals surface area (Å²) in [6.45, 7) is 2.07. The number of hydrogen-bond donors (Lipinski definition) is 1. The van der Waals surface area contributed by atoms with Crippen LogP contribution in [-0.4, -0.2) is 0 Å². The van der Waals surface area contributed by atoms with Crippen LogP contribution in [0, 0.1) is 0 Å². The molecule has 2 rings (SSSR count). The molecule has 0 saturated heterocycles. The zero-order valence-electron chi connectivity index (χ0n) is 10.3. The summed E-state index contributed by atoms with van der Waals surface area (Å²) in [7, 11) is 0. The van der Waals surface area contributed by atoms with Crippen molar-refractivity contribution in [3.63, 3.8) is 0 Å². The van der Waals surface area contributed by atoms with Crippen molar-refractivity contribution in [2.24, 2.45) is 5.73 Å². The van der Waals surface area contributed by atoms with E-state index in [4.69, 9.17) is 10.5 Å². The van der Waals surface area contributed by atoms with Crippen LogP contribution >= 0.6 is 15.9 Å². The summed E-state index contributed by atoms with van der Waals surface area (Å²) in [6.07, 6.45) is 0.890. The quantitative estimate of drug-likeness (QED) is 0.892. The van der Waals surface area contributed by atoms with E-state index in [1.54, 1.807) is 0 Å². The highest BCUT2D eigenvalue weighted by molar-refractivity contribution is 9.10. The van der Waals surface area contributed by atoms with Gasteiger partial charge in [-0.1, -0.05) is 41.1 Å². The smallest absolute Gasteiger partial charge is 0.132 e. The van der Waals surface area contributed by atoms with Crippen LogP contribution in [0.15, 0.2) is 53.0 Å². The Hall–Kier alpha value is -1.32. The van der Waals surface area contributed by atoms with Crippen molar-refractivity contribution in [3.05, 3.63) is 58.6 Å². The Morgan fingerprint density at radius 1 is 1.11 bits per heavy atom. The van der Waals surface area contributed by atoms with Gasteiger partial charge in [0.2, 0.25) is 0 Å². The van der Waals surface area contributed by atoms with Crippen molar-refractivity contribution in [3.8, 4) is 11.5 Å². The Bertz CT molecular complexity index is 510. The van der Waals surface area contributed by atoms with Crippen molar-refractivity contribution in [1.29, 1.82) is 0 Å². The average Bonchev–Trinajstić information content (AvgIpc) is 2.41. The van der Waals surface area contributed by atoms with Gasteiger partial charge < -0.3 is 10.5 Å². The lowest BCUT2D eigenvalue weighted by Crippen LogP contribution is -2.09. The third-order valence-corrected chi connectivity index (χ3v) is 3.33. The lowest BCUT2D eigenvalue weighted by Gasteiger charge is -2.15. The van der Waals surface area contributed by atoms with Crippen LogP contribution in [0.3, 0.4) is 0 Å². The molecule has 0 unspecified atom stereocenters. The van der Waals surface area contributed by atoms with E-state index >= 15 is 0 Å². The summed E-state index contributed by atoms with van der Waals surface area (Å²) in [5.41, 5.74) is 7.13. The molecule has 0 aliphatic heterocycles. The van der Waals surface area contributed by atoms with Gasteiger partial charge in [0.15, 0.2) is 0 Å². The van der Waals surface area contributed by atoms with E-state index in [-0.39, 0.29) is 6.04 Å². The topological polar surface area (TPSA) is 35.2 Å². The molecule has 0 amide bonds. The van der Waals surface area contributed by atoms with E-state index in [1.807, 2.05) is 48.5 Å². The van der Waals surface area contributed by atoms with Crippen molar-refractivity contribution in [2.45, 2.75) is 19.4 Å². The summed E-state index contributed by atoms with van der Waals surface area (Å²) < 4.78 is 6.92. The lowest BCUT2D eigenvalue weighted by molar-refractivity contribution is 0.468. The Balaban J connectivity index is 2.26. The normalized spacial score (nSPS) is 12.2. The molecule has 2 aromatic rings. The monoisotopic (exact) mass is 305 g/mol. The van der Waals surface area contributed by atoms with Crippen molar-refractivity contribution in [1.82, 2.24) is 0 Å². The molecular weight excluding hydrogens is 290 g/mol. The van der Waals surface area contributed by atoms with Crippen LogP contribution in [0.1, 0.15) is 24.9 Å². The molecule has 2 aromatic carbocycles. The third-order valence-electron chi connectivity index (χ3n) is 2.80. The second kappa shape index (κ2) is 6.03. The first kappa shape index (κ1) is 13.1. The maximum absolute atomic E-state index is 6.09. The highest BCUT2D eigenvalue weighted by Gasteiger charge is 2.10. The minimum Gasteiger partial charge on any atom is -0.457 e. The van der Waals surface area contributed by atoms with Crippen molar-refractivity contribution >= 4 is 15.9 Å². The van der Waals surface area contributed by atoms with Crippen LogP contribution in [0.2, 0.25) is 0 Å². The number of rotatable bonds is 4. The zero-order chi connectivity index (χ0) is 13.0. The van der Waals surface area contributed by atoms with E-state index in [0.717, 1.165) is 28.0 Å². The van der Waals surface area contributed by atoms with Gasteiger partial charge in [0, 0.05) is 16.1 Å². The van der Waals surface area contributed by atoms with Crippen LogP contribution in [0.4, 0.5) is 0 Å². The third kappa shape index (κ3) is 3.12. The molecule has 0 bridgehead atoms. The molecule has 2 nitrogen and oxygen atoms in total. The van der Waals surface area contributed by atoms with Gasteiger partial charge in [0.1, 0.15) is 11.5 Å². The fraction of sp³-hybridized carbons (Fsp3) is 0.200. The first-order valence-electron chi connectivity index (χ1n) is 5.98. The van der Waals surface area contributed by atoms with Gasteiger partial charge in [-0.25, -0.2) is 0 Å². The van der Waals surface area contributed by atoms with Crippen LogP contribution in [0.25, 0.3) is 0 Å². The number of para-hydroxylation sites is 1. The molecule has 0 fully saturated rings. The standard InChI is InChI=1S/C15H16BrNO/c1-2-14(17)13-5-3-4-6-15(13)18-12-9-7-11(16)8-10-12/h3-10,14H,2,17H2,1H3/t14-/m0/s1. The summed E-state index contributed by atoms with van der Waals surface area (Å²) in [6, 6.07) is 15.7. The van der Waals surface area contributed by atoms with Crippen LogP contribution in [-0.2, 0) is 0 Å². The molecule has 0 heterocycles. The average molecular weight is 306 g/mol. The predicted molar refractivity (Wildman–Crippen MR) is 77.9 cm³/mol. The molecule has 3 heteroatoms. The predicted octanol–water partition coefficient (Wildman–Crippen LogP) is 4.65. The minimum atomic E-state index is 0.0108. The molecule has 0 aliphatic carbocycles. The van der Waals surface area contributed by atoms with Gasteiger partial charge in [0.05, 0.1) is 0 Å². The first-order valence-corrected chi connectivity index (χ1v) is 6.78. The molecule has 1 atom stereocenters. The van der Waals surface area contributed by atoms with Gasteiger partial charge in [-0.2, -0.15) is 0 Å². The minimum absolute atomic E-state index is 0.0108. The van der Waals surface area contributed by atoms with Gasteiger partial charge in [-0.05, 0) is 36.8 Å².